The van der Waals surface area contributed by atoms with Crippen molar-refractivity contribution < 1.29 is 9.21 Å². The fourth-order valence-electron chi connectivity index (χ4n) is 1.71. The summed E-state index contributed by atoms with van der Waals surface area (Å²) in [5, 5.41) is 3.48. The first-order chi connectivity index (χ1) is 7.18. The number of hydrogen-bond acceptors (Lipinski definition) is 3. The minimum absolute atomic E-state index is 0.0871. The molecular weight excluding hydrogens is 216 g/mol. The number of furan rings is 1. The molecule has 5 heteroatoms. The zero-order valence-corrected chi connectivity index (χ0v) is 9.25. The summed E-state index contributed by atoms with van der Waals surface area (Å²) < 4.78 is 5.10. The minimum Gasteiger partial charge on any atom is -0.440 e. The van der Waals surface area contributed by atoms with Crippen LogP contribution < -0.4 is 5.32 Å². The van der Waals surface area contributed by atoms with Gasteiger partial charge in [-0.25, -0.2) is 0 Å². The number of carbonyl (C=O) groups is 1. The molecule has 1 aromatic rings. The third kappa shape index (κ3) is 2.16. The Morgan fingerprint density at radius 3 is 3.07 bits per heavy atom. The van der Waals surface area contributed by atoms with Crippen LogP contribution in [-0.2, 0) is 0 Å². The van der Waals surface area contributed by atoms with E-state index in [4.69, 9.17) is 16.0 Å². The lowest BCUT2D eigenvalue weighted by molar-refractivity contribution is 0.0623. The molecule has 1 N–H and O–H groups in total. The highest BCUT2D eigenvalue weighted by Gasteiger charge is 2.25. The quantitative estimate of drug-likeness (QED) is 0.790. The summed E-state index contributed by atoms with van der Waals surface area (Å²) in [4.78, 5) is 13.8. The molecule has 1 aromatic heterocycles. The number of nitrogens with zero attached hydrogens (tertiary/aromatic N) is 1. The van der Waals surface area contributed by atoms with Crippen molar-refractivity contribution in [3.05, 3.63) is 23.1 Å². The molecule has 1 unspecified atom stereocenters. The maximum absolute atomic E-state index is 12.0. The van der Waals surface area contributed by atoms with Gasteiger partial charge in [0.25, 0.3) is 5.91 Å². The fraction of sp³-hybridized carbons (Fsp3) is 0.500. The summed E-state index contributed by atoms with van der Waals surface area (Å²) in [6.07, 6.45) is 0. The highest BCUT2D eigenvalue weighted by Crippen LogP contribution is 2.16. The Bertz CT molecular complexity index is 364. The second-order valence-corrected chi connectivity index (χ2v) is 4.03. The Hall–Kier alpha value is -1.00. The van der Waals surface area contributed by atoms with Gasteiger partial charge in [-0.3, -0.25) is 4.79 Å². The van der Waals surface area contributed by atoms with Gasteiger partial charge in [0, 0.05) is 25.7 Å². The molecule has 0 bridgehead atoms. The van der Waals surface area contributed by atoms with Gasteiger partial charge < -0.3 is 14.6 Å². The van der Waals surface area contributed by atoms with Crippen molar-refractivity contribution in [1.29, 1.82) is 0 Å². The summed E-state index contributed by atoms with van der Waals surface area (Å²) in [6.45, 7) is 4.36. The van der Waals surface area contributed by atoms with Gasteiger partial charge in [0.1, 0.15) is 0 Å². The van der Waals surface area contributed by atoms with Gasteiger partial charge in [0.15, 0.2) is 11.0 Å². The van der Waals surface area contributed by atoms with Gasteiger partial charge in [-0.15, -0.1) is 0 Å². The van der Waals surface area contributed by atoms with Gasteiger partial charge in [0.05, 0.1) is 0 Å². The SMILES string of the molecule is CC1CNCCN1C(=O)c1ccc(Cl)o1. The summed E-state index contributed by atoms with van der Waals surface area (Å²) in [7, 11) is 0. The summed E-state index contributed by atoms with van der Waals surface area (Å²) in [6, 6.07) is 3.39. The molecule has 0 radical (unpaired) electrons. The monoisotopic (exact) mass is 228 g/mol. The second kappa shape index (κ2) is 4.24. The zero-order valence-electron chi connectivity index (χ0n) is 8.50. The third-order valence-corrected chi connectivity index (χ3v) is 2.75. The van der Waals surface area contributed by atoms with Crippen LogP contribution in [0, 0.1) is 0 Å². The molecular formula is C10H13ClN2O2. The highest BCUT2D eigenvalue weighted by molar-refractivity contribution is 6.29. The molecule has 1 aliphatic rings. The van der Waals surface area contributed by atoms with E-state index in [1.54, 1.807) is 17.0 Å². The number of rotatable bonds is 1. The summed E-state index contributed by atoms with van der Waals surface area (Å²) in [5.41, 5.74) is 0. The Labute approximate surface area is 93.2 Å². The van der Waals surface area contributed by atoms with E-state index in [1.165, 1.54) is 0 Å². The minimum atomic E-state index is -0.0871. The average Bonchev–Trinajstić information content (AvgIpc) is 2.65. The van der Waals surface area contributed by atoms with E-state index in [1.807, 2.05) is 6.92 Å². The molecule has 1 fully saturated rings. The first-order valence-electron chi connectivity index (χ1n) is 4.95. The maximum Gasteiger partial charge on any atom is 0.289 e. The first kappa shape index (κ1) is 10.5. The van der Waals surface area contributed by atoms with Crippen LogP contribution in [0.3, 0.4) is 0 Å². The molecule has 0 saturated carbocycles. The Morgan fingerprint density at radius 1 is 1.67 bits per heavy atom. The van der Waals surface area contributed by atoms with Crippen molar-refractivity contribution in [2.75, 3.05) is 19.6 Å². The summed E-state index contributed by atoms with van der Waals surface area (Å²) in [5.74, 6) is 0.227. The lowest BCUT2D eigenvalue weighted by Gasteiger charge is -2.33. The fourth-order valence-corrected chi connectivity index (χ4v) is 1.86. The van der Waals surface area contributed by atoms with Crippen molar-refractivity contribution >= 4 is 17.5 Å². The Morgan fingerprint density at radius 2 is 2.47 bits per heavy atom. The topological polar surface area (TPSA) is 45.5 Å². The molecule has 0 spiro atoms. The smallest absolute Gasteiger partial charge is 0.289 e. The first-order valence-corrected chi connectivity index (χ1v) is 5.33. The largest absolute Gasteiger partial charge is 0.440 e. The highest BCUT2D eigenvalue weighted by atomic mass is 35.5. The number of hydrogen-bond donors (Lipinski definition) is 1. The third-order valence-electron chi connectivity index (χ3n) is 2.55. The van der Waals surface area contributed by atoms with E-state index >= 15 is 0 Å². The number of amides is 1. The lowest BCUT2D eigenvalue weighted by atomic mass is 10.2. The summed E-state index contributed by atoms with van der Waals surface area (Å²) >= 11 is 5.63. The number of carbonyl (C=O) groups excluding carboxylic acids is 1. The molecule has 1 saturated heterocycles. The van der Waals surface area contributed by atoms with Crippen LogP contribution in [0.5, 0.6) is 0 Å². The number of halogens is 1. The van der Waals surface area contributed by atoms with Crippen LogP contribution >= 0.6 is 11.6 Å². The van der Waals surface area contributed by atoms with Gasteiger partial charge in [-0.05, 0) is 30.7 Å². The average molecular weight is 229 g/mol. The molecule has 82 valence electrons. The van der Waals surface area contributed by atoms with Crippen LogP contribution in [0.2, 0.25) is 5.22 Å². The van der Waals surface area contributed by atoms with E-state index in [2.05, 4.69) is 5.32 Å². The Kier molecular flexibility index (Phi) is 2.98. The van der Waals surface area contributed by atoms with E-state index in [0.717, 1.165) is 13.1 Å². The molecule has 2 heterocycles. The standard InChI is InChI=1S/C10H13ClN2O2/c1-7-6-12-4-5-13(7)10(14)8-2-3-9(11)15-8/h2-3,7,12H,4-6H2,1H3. The number of nitrogens with one attached hydrogen (secondary N) is 1. The Balaban J connectivity index is 2.13. The van der Waals surface area contributed by atoms with Gasteiger partial charge in [0.2, 0.25) is 0 Å². The van der Waals surface area contributed by atoms with Crippen LogP contribution in [0.25, 0.3) is 0 Å². The molecule has 1 atom stereocenters. The van der Waals surface area contributed by atoms with E-state index in [9.17, 15) is 4.79 Å². The lowest BCUT2D eigenvalue weighted by Crippen LogP contribution is -2.52. The van der Waals surface area contributed by atoms with Crippen LogP contribution in [0.15, 0.2) is 16.5 Å². The van der Waals surface area contributed by atoms with Crippen molar-refractivity contribution in [3.63, 3.8) is 0 Å². The predicted molar refractivity (Wildman–Crippen MR) is 57.1 cm³/mol. The van der Waals surface area contributed by atoms with Gasteiger partial charge in [-0.2, -0.15) is 0 Å². The second-order valence-electron chi connectivity index (χ2n) is 3.66. The maximum atomic E-state index is 12.0. The van der Waals surface area contributed by atoms with E-state index in [0.29, 0.717) is 12.3 Å². The van der Waals surface area contributed by atoms with Gasteiger partial charge in [-0.1, -0.05) is 0 Å². The zero-order chi connectivity index (χ0) is 10.8. The van der Waals surface area contributed by atoms with Crippen molar-refractivity contribution in [2.45, 2.75) is 13.0 Å². The molecule has 2 rings (SSSR count). The van der Waals surface area contributed by atoms with Crippen LogP contribution in [0.1, 0.15) is 17.5 Å². The van der Waals surface area contributed by atoms with E-state index in [-0.39, 0.29) is 17.2 Å². The van der Waals surface area contributed by atoms with E-state index < -0.39 is 0 Å². The normalized spacial score (nSPS) is 21.7. The molecule has 4 nitrogen and oxygen atoms in total. The molecule has 0 aliphatic carbocycles. The molecule has 1 aliphatic heterocycles. The molecule has 15 heavy (non-hydrogen) atoms. The predicted octanol–water partition coefficient (Wildman–Crippen LogP) is 1.37. The number of piperazine rings is 1. The van der Waals surface area contributed by atoms with Crippen molar-refractivity contribution in [3.8, 4) is 0 Å². The van der Waals surface area contributed by atoms with Crippen LogP contribution in [-0.4, -0.2) is 36.5 Å². The van der Waals surface area contributed by atoms with Crippen molar-refractivity contribution in [1.82, 2.24) is 10.2 Å². The van der Waals surface area contributed by atoms with Crippen LogP contribution in [0.4, 0.5) is 0 Å². The van der Waals surface area contributed by atoms with Crippen molar-refractivity contribution in [2.24, 2.45) is 0 Å². The van der Waals surface area contributed by atoms with Gasteiger partial charge >= 0.3 is 0 Å². The molecule has 1 amide bonds. The molecule has 0 aromatic carbocycles.